The van der Waals surface area contributed by atoms with Gasteiger partial charge >= 0.3 is 0 Å². The Morgan fingerprint density at radius 1 is 1.12 bits per heavy atom. The monoisotopic (exact) mass is 374 g/mol. The second-order valence-corrected chi connectivity index (χ2v) is 8.39. The smallest absolute Gasteiger partial charge is 0.208 e. The van der Waals surface area contributed by atoms with Gasteiger partial charge in [0.15, 0.2) is 0 Å². The van der Waals surface area contributed by atoms with Gasteiger partial charge in [0.05, 0.1) is 11.9 Å². The van der Waals surface area contributed by atoms with Crippen LogP contribution in [0.5, 0.6) is 5.75 Å². The summed E-state index contributed by atoms with van der Waals surface area (Å²) >= 11 is 1.53. The first-order valence-electron chi connectivity index (χ1n) is 7.69. The highest BCUT2D eigenvalue weighted by Crippen LogP contribution is 2.30. The molecule has 0 spiro atoms. The van der Waals surface area contributed by atoms with Crippen LogP contribution < -0.4 is 4.72 Å². The minimum atomic E-state index is -3.15. The third kappa shape index (κ3) is 4.88. The van der Waals surface area contributed by atoms with E-state index < -0.39 is 10.0 Å². The molecule has 5 nitrogen and oxygen atoms in total. The van der Waals surface area contributed by atoms with E-state index in [-0.39, 0.29) is 5.75 Å². The molecule has 0 aliphatic rings. The maximum atomic E-state index is 11.1. The predicted molar refractivity (Wildman–Crippen MR) is 101 cm³/mol. The first kappa shape index (κ1) is 17.6. The van der Waals surface area contributed by atoms with Crippen LogP contribution in [0.25, 0.3) is 21.8 Å². The number of phenols is 1. The van der Waals surface area contributed by atoms with Gasteiger partial charge in [0, 0.05) is 23.1 Å². The van der Waals surface area contributed by atoms with Crippen molar-refractivity contribution in [3.63, 3.8) is 0 Å². The number of thiazole rings is 1. The highest BCUT2D eigenvalue weighted by molar-refractivity contribution is 7.88. The molecule has 3 rings (SSSR count). The normalized spacial score (nSPS) is 11.6. The van der Waals surface area contributed by atoms with Gasteiger partial charge in [-0.3, -0.25) is 0 Å². The van der Waals surface area contributed by atoms with Crippen molar-refractivity contribution >= 4 is 21.4 Å². The van der Waals surface area contributed by atoms with Crippen molar-refractivity contribution in [1.82, 2.24) is 9.71 Å². The van der Waals surface area contributed by atoms with Crippen molar-refractivity contribution in [3.05, 3.63) is 59.5 Å². The molecule has 3 aromatic rings. The zero-order valence-corrected chi connectivity index (χ0v) is 15.3. The molecule has 0 bridgehead atoms. The molecule has 25 heavy (non-hydrogen) atoms. The van der Waals surface area contributed by atoms with Gasteiger partial charge in [0.25, 0.3) is 0 Å². The molecule has 0 fully saturated rings. The topological polar surface area (TPSA) is 79.3 Å². The van der Waals surface area contributed by atoms with E-state index in [1.165, 1.54) is 11.3 Å². The summed E-state index contributed by atoms with van der Waals surface area (Å²) in [7, 11) is -3.15. The molecule has 0 amide bonds. The van der Waals surface area contributed by atoms with E-state index in [1.807, 2.05) is 35.7 Å². The van der Waals surface area contributed by atoms with Crippen LogP contribution in [0.15, 0.2) is 53.9 Å². The van der Waals surface area contributed by atoms with Crippen LogP contribution >= 0.6 is 11.3 Å². The van der Waals surface area contributed by atoms with E-state index in [9.17, 15) is 13.5 Å². The first-order valence-corrected chi connectivity index (χ1v) is 10.5. The second-order valence-electron chi connectivity index (χ2n) is 5.70. The van der Waals surface area contributed by atoms with Crippen LogP contribution in [0.4, 0.5) is 0 Å². The van der Waals surface area contributed by atoms with E-state index in [0.29, 0.717) is 13.0 Å². The second kappa shape index (κ2) is 7.35. The Hall–Kier alpha value is -2.22. The fraction of sp³-hybridized carbons (Fsp3) is 0.167. The van der Waals surface area contributed by atoms with Crippen LogP contribution in [0.1, 0.15) is 5.56 Å². The lowest BCUT2D eigenvalue weighted by molar-refractivity contribution is 0.475. The number of sulfonamides is 1. The molecular weight excluding hydrogens is 356 g/mol. The minimum Gasteiger partial charge on any atom is -0.508 e. The third-order valence-corrected chi connectivity index (χ3v) is 5.24. The lowest BCUT2D eigenvalue weighted by Crippen LogP contribution is -2.24. The number of nitrogens with zero attached hydrogens (tertiary/aromatic N) is 1. The number of aromatic hydroxyl groups is 1. The van der Waals surface area contributed by atoms with Crippen molar-refractivity contribution in [3.8, 4) is 27.6 Å². The van der Waals surface area contributed by atoms with Gasteiger partial charge < -0.3 is 5.11 Å². The first-order chi connectivity index (χ1) is 11.9. The highest BCUT2D eigenvalue weighted by atomic mass is 32.2. The Morgan fingerprint density at radius 2 is 1.88 bits per heavy atom. The summed E-state index contributed by atoms with van der Waals surface area (Å²) < 4.78 is 24.6. The van der Waals surface area contributed by atoms with Gasteiger partial charge in [-0.15, -0.1) is 11.3 Å². The molecule has 130 valence electrons. The lowest BCUT2D eigenvalue weighted by atomic mass is 10.1. The number of rotatable bonds is 6. The maximum Gasteiger partial charge on any atom is 0.208 e. The molecule has 0 atom stereocenters. The predicted octanol–water partition coefficient (Wildman–Crippen LogP) is 3.27. The van der Waals surface area contributed by atoms with Crippen LogP contribution in [-0.4, -0.2) is 31.3 Å². The molecule has 1 heterocycles. The third-order valence-electron chi connectivity index (χ3n) is 3.62. The van der Waals surface area contributed by atoms with E-state index in [1.54, 1.807) is 18.2 Å². The van der Waals surface area contributed by atoms with E-state index in [4.69, 9.17) is 0 Å². The molecule has 0 aliphatic carbocycles. The van der Waals surface area contributed by atoms with E-state index >= 15 is 0 Å². The summed E-state index contributed by atoms with van der Waals surface area (Å²) in [5, 5.41) is 12.4. The summed E-state index contributed by atoms with van der Waals surface area (Å²) in [6.07, 6.45) is 1.79. The van der Waals surface area contributed by atoms with Gasteiger partial charge in [-0.25, -0.2) is 18.1 Å². The maximum absolute atomic E-state index is 11.1. The van der Waals surface area contributed by atoms with E-state index in [0.717, 1.165) is 33.6 Å². The summed E-state index contributed by atoms with van der Waals surface area (Å²) in [4.78, 5) is 4.63. The summed E-state index contributed by atoms with van der Waals surface area (Å²) in [6, 6.07) is 15.0. The van der Waals surface area contributed by atoms with Crippen molar-refractivity contribution in [2.24, 2.45) is 0 Å². The zero-order valence-electron chi connectivity index (χ0n) is 13.6. The number of aromatic nitrogens is 1. The number of nitrogens with one attached hydrogen (secondary N) is 1. The Labute approximate surface area is 151 Å². The quantitative estimate of drug-likeness (QED) is 0.694. The molecule has 2 N–H and O–H groups in total. The Balaban J connectivity index is 1.71. The Kier molecular flexibility index (Phi) is 5.17. The molecule has 0 aliphatic heterocycles. The van der Waals surface area contributed by atoms with Crippen LogP contribution in [0.3, 0.4) is 0 Å². The summed E-state index contributed by atoms with van der Waals surface area (Å²) in [5.41, 5.74) is 3.83. The van der Waals surface area contributed by atoms with Gasteiger partial charge in [0.1, 0.15) is 10.8 Å². The average molecular weight is 374 g/mol. The molecular formula is C18H18N2O3S2. The molecule has 0 saturated heterocycles. The zero-order chi connectivity index (χ0) is 17.9. The Bertz CT molecular complexity index is 964. The number of hydrogen-bond acceptors (Lipinski definition) is 5. The molecule has 1 aromatic heterocycles. The SMILES string of the molecule is CS(=O)(=O)NCCc1ccc(-c2csc(-c3cccc(O)c3)n2)cc1. The summed E-state index contributed by atoms with van der Waals surface area (Å²) in [6.45, 7) is 0.385. The number of benzene rings is 2. The molecule has 2 aromatic carbocycles. The molecule has 0 radical (unpaired) electrons. The standard InChI is InChI=1S/C18H18N2O3S2/c1-25(22,23)19-10-9-13-5-7-14(8-6-13)17-12-24-18(20-17)15-3-2-4-16(21)11-15/h2-8,11-12,19,21H,9-10H2,1H3. The average Bonchev–Trinajstić information content (AvgIpc) is 3.04. The molecule has 0 saturated carbocycles. The largest absolute Gasteiger partial charge is 0.508 e. The van der Waals surface area contributed by atoms with E-state index in [2.05, 4.69) is 9.71 Å². The summed E-state index contributed by atoms with van der Waals surface area (Å²) in [5.74, 6) is 0.223. The van der Waals surface area contributed by atoms with Crippen LogP contribution in [0.2, 0.25) is 0 Å². The van der Waals surface area contributed by atoms with Gasteiger partial charge in [-0.2, -0.15) is 0 Å². The molecule has 0 unspecified atom stereocenters. The van der Waals surface area contributed by atoms with Crippen molar-refractivity contribution in [2.45, 2.75) is 6.42 Å². The van der Waals surface area contributed by atoms with Gasteiger partial charge in [-0.1, -0.05) is 36.4 Å². The van der Waals surface area contributed by atoms with Crippen molar-refractivity contribution in [2.75, 3.05) is 12.8 Å². The number of hydrogen-bond donors (Lipinski definition) is 2. The van der Waals surface area contributed by atoms with Gasteiger partial charge in [-0.05, 0) is 24.1 Å². The van der Waals surface area contributed by atoms with Crippen LogP contribution in [0, 0.1) is 0 Å². The fourth-order valence-corrected chi connectivity index (χ4v) is 3.70. The van der Waals surface area contributed by atoms with Crippen molar-refractivity contribution in [1.29, 1.82) is 0 Å². The lowest BCUT2D eigenvalue weighted by Gasteiger charge is -2.04. The minimum absolute atomic E-state index is 0.223. The van der Waals surface area contributed by atoms with Gasteiger partial charge in [0.2, 0.25) is 10.0 Å². The van der Waals surface area contributed by atoms with Crippen molar-refractivity contribution < 1.29 is 13.5 Å². The molecule has 7 heteroatoms. The highest BCUT2D eigenvalue weighted by Gasteiger charge is 2.07. The number of phenolic OH excluding ortho intramolecular Hbond substituents is 1. The Morgan fingerprint density at radius 3 is 2.56 bits per heavy atom. The van der Waals surface area contributed by atoms with Crippen LogP contribution in [-0.2, 0) is 16.4 Å². The fourth-order valence-electron chi connectivity index (χ4n) is 2.40.